The van der Waals surface area contributed by atoms with Gasteiger partial charge in [-0.2, -0.15) is 0 Å². The van der Waals surface area contributed by atoms with Crippen molar-refractivity contribution in [1.82, 2.24) is 10.2 Å². The molecule has 0 saturated carbocycles. The van der Waals surface area contributed by atoms with Gasteiger partial charge in [0.05, 0.1) is 4.91 Å². The molecular weight excluding hydrogens is 345 g/mol. The fraction of sp³-hybridized carbons (Fsp3) is 0.476. The van der Waals surface area contributed by atoms with Crippen LogP contribution in [0.5, 0.6) is 0 Å². The summed E-state index contributed by atoms with van der Waals surface area (Å²) in [6.07, 6.45) is 8.02. The van der Waals surface area contributed by atoms with Gasteiger partial charge in [-0.15, -0.1) is 11.8 Å². The van der Waals surface area contributed by atoms with Crippen LogP contribution in [0.25, 0.3) is 0 Å². The molecule has 0 aromatic heterocycles. The highest BCUT2D eigenvalue weighted by atomic mass is 32.2. The molecule has 0 amide bonds. The molecule has 1 saturated heterocycles. The van der Waals surface area contributed by atoms with Crippen molar-refractivity contribution in [3.8, 4) is 11.8 Å². The van der Waals surface area contributed by atoms with Crippen molar-refractivity contribution in [1.29, 1.82) is 0 Å². The first-order valence-electron chi connectivity index (χ1n) is 9.18. The Morgan fingerprint density at radius 3 is 2.92 bits per heavy atom. The lowest BCUT2D eigenvalue weighted by molar-refractivity contribution is 0.151. The van der Waals surface area contributed by atoms with Crippen molar-refractivity contribution in [2.45, 2.75) is 44.5 Å². The smallest absolute Gasteiger partial charge is 0.138 e. The average Bonchev–Trinajstić information content (AvgIpc) is 3.21. The number of halogens is 1. The van der Waals surface area contributed by atoms with Gasteiger partial charge in [-0.1, -0.05) is 24.7 Å². The minimum Gasteiger partial charge on any atom is -0.344 e. The van der Waals surface area contributed by atoms with E-state index < -0.39 is 6.17 Å². The highest BCUT2D eigenvalue weighted by Crippen LogP contribution is 2.33. The quantitative estimate of drug-likeness (QED) is 0.754. The Kier molecular flexibility index (Phi) is 6.39. The molecule has 0 spiro atoms. The number of aliphatic imine (C=N–C) groups is 1. The van der Waals surface area contributed by atoms with Gasteiger partial charge in [0, 0.05) is 36.2 Å². The van der Waals surface area contributed by atoms with Crippen molar-refractivity contribution < 1.29 is 4.39 Å². The standard InChI is InChI=1S/C21H26FN3S/c1-4-16-13-18(24-21(16)23-15(2)3)5-6-19-7-8-20(26-19)14-25-11-9-17(22)10-12-25/h4,7,13,17,20H,2,8-12,14H2,1,3H3,(H,23,24)/b16-4-. The predicted octanol–water partition coefficient (Wildman–Crippen LogP) is 4.18. The van der Waals surface area contributed by atoms with Crippen LogP contribution >= 0.6 is 11.8 Å². The minimum atomic E-state index is -0.603. The number of allylic oxidation sites excluding steroid dienone is 5. The topological polar surface area (TPSA) is 27.6 Å². The zero-order valence-electron chi connectivity index (χ0n) is 15.5. The van der Waals surface area contributed by atoms with Gasteiger partial charge in [0.2, 0.25) is 0 Å². The molecule has 3 rings (SSSR count). The van der Waals surface area contributed by atoms with E-state index in [1.165, 1.54) is 0 Å². The summed E-state index contributed by atoms with van der Waals surface area (Å²) >= 11 is 1.84. The van der Waals surface area contributed by atoms with E-state index in [4.69, 9.17) is 0 Å². The number of nitrogens with one attached hydrogen (secondary N) is 1. The molecule has 1 N–H and O–H groups in total. The third-order valence-corrected chi connectivity index (χ3v) is 5.79. The Bertz CT molecular complexity index is 743. The van der Waals surface area contributed by atoms with Crippen molar-refractivity contribution in [2.24, 2.45) is 4.99 Å². The highest BCUT2D eigenvalue weighted by molar-refractivity contribution is 8.04. The van der Waals surface area contributed by atoms with Crippen LogP contribution in [0, 0.1) is 11.8 Å². The molecular formula is C21H26FN3S. The third kappa shape index (κ3) is 5.12. The van der Waals surface area contributed by atoms with Crippen molar-refractivity contribution in [3.63, 3.8) is 0 Å². The number of alkyl halides is 1. The molecule has 3 nitrogen and oxygen atoms in total. The maximum Gasteiger partial charge on any atom is 0.138 e. The Labute approximate surface area is 160 Å². The Morgan fingerprint density at radius 1 is 1.46 bits per heavy atom. The first kappa shape index (κ1) is 19.0. The first-order valence-corrected chi connectivity index (χ1v) is 10.1. The number of thioether (sulfide) groups is 1. The van der Waals surface area contributed by atoms with Gasteiger partial charge in [-0.3, -0.25) is 0 Å². The van der Waals surface area contributed by atoms with E-state index in [1.807, 2.05) is 37.8 Å². The van der Waals surface area contributed by atoms with E-state index in [2.05, 4.69) is 39.7 Å². The van der Waals surface area contributed by atoms with Crippen LogP contribution in [0.1, 0.15) is 33.1 Å². The summed E-state index contributed by atoms with van der Waals surface area (Å²) in [4.78, 5) is 8.05. The second-order valence-corrected chi connectivity index (χ2v) is 8.25. The first-order chi connectivity index (χ1) is 12.5. The molecule has 0 aromatic carbocycles. The molecule has 1 fully saturated rings. The molecule has 3 aliphatic rings. The molecule has 1 unspecified atom stereocenters. The molecule has 0 aliphatic carbocycles. The van der Waals surface area contributed by atoms with Crippen LogP contribution in [-0.2, 0) is 0 Å². The summed E-state index contributed by atoms with van der Waals surface area (Å²) in [5.74, 6) is 7.25. The number of amidine groups is 1. The summed E-state index contributed by atoms with van der Waals surface area (Å²) < 4.78 is 13.2. The van der Waals surface area contributed by atoms with Gasteiger partial charge in [0.15, 0.2) is 0 Å². The largest absolute Gasteiger partial charge is 0.344 e. The molecule has 5 heteroatoms. The maximum atomic E-state index is 13.2. The summed E-state index contributed by atoms with van der Waals surface area (Å²) in [5.41, 5.74) is 2.68. The Balaban J connectivity index is 1.53. The number of rotatable bonds is 3. The highest BCUT2D eigenvalue weighted by Gasteiger charge is 2.24. The molecule has 1 atom stereocenters. The van der Waals surface area contributed by atoms with Crippen molar-refractivity contribution in [3.05, 3.63) is 46.7 Å². The SMILES string of the molecule is C=C(C)NC1=NC(C#CC2=CCC(CN3CCC(F)CC3)S2)=C/C1=C/C. The van der Waals surface area contributed by atoms with Crippen LogP contribution in [0.15, 0.2) is 51.7 Å². The molecule has 3 heterocycles. The number of hydrogen-bond acceptors (Lipinski definition) is 4. The lowest BCUT2D eigenvalue weighted by atomic mass is 10.1. The lowest BCUT2D eigenvalue weighted by Gasteiger charge is -2.30. The fourth-order valence-electron chi connectivity index (χ4n) is 3.22. The van der Waals surface area contributed by atoms with Gasteiger partial charge >= 0.3 is 0 Å². The van der Waals surface area contributed by atoms with Gasteiger partial charge in [0.25, 0.3) is 0 Å². The number of likely N-dealkylation sites (tertiary alicyclic amines) is 1. The molecule has 0 aromatic rings. The lowest BCUT2D eigenvalue weighted by Crippen LogP contribution is -2.38. The molecule has 26 heavy (non-hydrogen) atoms. The zero-order chi connectivity index (χ0) is 18.5. The Hall–Kier alpha value is -1.77. The van der Waals surface area contributed by atoms with Crippen molar-refractivity contribution >= 4 is 17.6 Å². The monoisotopic (exact) mass is 371 g/mol. The van der Waals surface area contributed by atoms with Crippen LogP contribution < -0.4 is 5.32 Å². The van der Waals surface area contributed by atoms with Gasteiger partial charge in [0.1, 0.15) is 17.7 Å². The second kappa shape index (κ2) is 8.75. The molecule has 0 radical (unpaired) electrons. The summed E-state index contributed by atoms with van der Waals surface area (Å²) in [6.45, 7) is 10.6. The number of piperidine rings is 1. The summed E-state index contributed by atoms with van der Waals surface area (Å²) in [7, 11) is 0. The Morgan fingerprint density at radius 2 is 2.23 bits per heavy atom. The second-order valence-electron chi connectivity index (χ2n) is 6.91. The molecule has 138 valence electrons. The fourth-order valence-corrected chi connectivity index (χ4v) is 4.36. The van der Waals surface area contributed by atoms with Crippen LogP contribution in [0.2, 0.25) is 0 Å². The van der Waals surface area contributed by atoms with E-state index in [1.54, 1.807) is 0 Å². The molecule has 0 bridgehead atoms. The van der Waals surface area contributed by atoms with E-state index >= 15 is 0 Å². The maximum absolute atomic E-state index is 13.2. The van der Waals surface area contributed by atoms with E-state index in [-0.39, 0.29) is 0 Å². The van der Waals surface area contributed by atoms with Gasteiger partial charge in [-0.05, 0) is 45.1 Å². The van der Waals surface area contributed by atoms with Crippen molar-refractivity contribution in [2.75, 3.05) is 19.6 Å². The zero-order valence-corrected chi connectivity index (χ0v) is 16.3. The normalized spacial score (nSPS) is 25.4. The van der Waals surface area contributed by atoms with E-state index in [0.717, 1.165) is 53.8 Å². The van der Waals surface area contributed by atoms with Crippen LogP contribution in [0.3, 0.4) is 0 Å². The van der Waals surface area contributed by atoms with Crippen LogP contribution in [0.4, 0.5) is 4.39 Å². The van der Waals surface area contributed by atoms with Gasteiger partial charge in [-0.25, -0.2) is 9.38 Å². The van der Waals surface area contributed by atoms with E-state index in [9.17, 15) is 4.39 Å². The third-order valence-electron chi connectivity index (χ3n) is 4.59. The predicted molar refractivity (Wildman–Crippen MR) is 110 cm³/mol. The summed E-state index contributed by atoms with van der Waals surface area (Å²) in [6, 6.07) is 0. The van der Waals surface area contributed by atoms with Crippen LogP contribution in [-0.4, -0.2) is 41.8 Å². The average molecular weight is 372 g/mol. The minimum absolute atomic E-state index is 0.531. The molecule has 3 aliphatic heterocycles. The number of hydrogen-bond donors (Lipinski definition) is 1. The summed E-state index contributed by atoms with van der Waals surface area (Å²) in [5, 5.41) is 3.70. The van der Waals surface area contributed by atoms with E-state index in [0.29, 0.717) is 18.1 Å². The van der Waals surface area contributed by atoms with Gasteiger partial charge < -0.3 is 10.2 Å². The number of nitrogens with zero attached hydrogens (tertiary/aromatic N) is 2.